The number of rotatable bonds is 55. The van der Waals surface area contributed by atoms with Crippen molar-refractivity contribution < 1.29 is 37.3 Å². The quantitative estimate of drug-likeness (QED) is 0.0212. The zero-order valence-corrected chi connectivity index (χ0v) is 50.8. The Balaban J connectivity index is 5.14. The van der Waals surface area contributed by atoms with Crippen molar-refractivity contribution in [1.29, 1.82) is 0 Å². The Labute approximate surface area is 468 Å². The van der Waals surface area contributed by atoms with E-state index in [2.05, 4.69) is 111 Å². The van der Waals surface area contributed by atoms with Gasteiger partial charge in [0, 0.05) is 12.8 Å². The van der Waals surface area contributed by atoms with Crippen molar-refractivity contribution in [2.45, 2.75) is 270 Å². The summed E-state index contributed by atoms with van der Waals surface area (Å²) in [5.74, 6) is -0.561. The molecule has 0 aromatic rings. The predicted molar refractivity (Wildman–Crippen MR) is 325 cm³/mol. The molecule has 0 aliphatic rings. The average Bonchev–Trinajstić information content (AvgIpc) is 3.38. The van der Waals surface area contributed by atoms with Crippen LogP contribution >= 0.6 is 7.82 Å². The molecule has 1 N–H and O–H groups in total. The summed E-state index contributed by atoms with van der Waals surface area (Å²) in [7, 11) is 1.16. The Morgan fingerprint density at radius 3 is 1.26 bits per heavy atom. The van der Waals surface area contributed by atoms with Crippen LogP contribution in [-0.4, -0.2) is 69.4 Å². The molecule has 3 unspecified atom stereocenters. The number of amides is 1. The number of nitrogens with one attached hydrogen (secondary N) is 1. The van der Waals surface area contributed by atoms with Crippen LogP contribution in [0, 0.1) is 0 Å². The third-order valence-electron chi connectivity index (χ3n) is 13.3. The molecule has 0 aromatic heterocycles. The van der Waals surface area contributed by atoms with Crippen molar-refractivity contribution in [3.8, 4) is 0 Å². The Hall–Kier alpha value is -3.07. The number of carbonyl (C=O) groups excluding carboxylic acids is 2. The summed E-state index contributed by atoms with van der Waals surface area (Å²) in [6, 6.07) is -0.899. The van der Waals surface area contributed by atoms with Crippen molar-refractivity contribution in [3.63, 3.8) is 0 Å². The number of hydrogen-bond donors (Lipinski definition) is 1. The molecule has 1 amide bonds. The molecule has 76 heavy (non-hydrogen) atoms. The van der Waals surface area contributed by atoms with Gasteiger partial charge in [-0.25, -0.2) is 0 Å². The number of hydrogen-bond acceptors (Lipinski definition) is 7. The molecule has 0 radical (unpaired) electrons. The van der Waals surface area contributed by atoms with E-state index < -0.39 is 26.6 Å². The SMILES string of the molecule is CC/C=C\C/C=C\C/C=C\C/C=C\C/C=C\CCCCCCCCCCCC(=O)NC(COP(=O)([O-])OCC[N+](C)(C)C)C(/C=C\CCCCCCCCCCC)OC(=O)CCCCCCCCC/C=C/C/C=C/CC. The molecular formula is C66H117N2O7P. The normalized spacial score (nSPS) is 14.4. The van der Waals surface area contributed by atoms with Crippen LogP contribution in [0.4, 0.5) is 0 Å². The predicted octanol–water partition coefficient (Wildman–Crippen LogP) is 18.5. The summed E-state index contributed by atoms with van der Waals surface area (Å²) in [6.07, 6.45) is 73.8. The van der Waals surface area contributed by atoms with E-state index in [0.717, 1.165) is 128 Å². The highest BCUT2D eigenvalue weighted by atomic mass is 31.2. The number of esters is 1. The van der Waals surface area contributed by atoms with E-state index in [1.165, 1.54) is 96.3 Å². The summed E-state index contributed by atoms with van der Waals surface area (Å²) in [4.78, 5) is 39.9. The average molecular weight is 1080 g/mol. The minimum absolute atomic E-state index is 0.0291. The summed E-state index contributed by atoms with van der Waals surface area (Å²) in [5, 5.41) is 3.02. The van der Waals surface area contributed by atoms with Gasteiger partial charge >= 0.3 is 5.97 Å². The number of ether oxygens (including phenoxy) is 1. The number of nitrogens with zero attached hydrogens (tertiary/aromatic N) is 1. The summed E-state index contributed by atoms with van der Waals surface area (Å²) in [6.45, 7) is 6.60. The monoisotopic (exact) mass is 1080 g/mol. The van der Waals surface area contributed by atoms with Crippen LogP contribution in [0.15, 0.2) is 97.2 Å². The molecule has 0 saturated carbocycles. The first-order chi connectivity index (χ1) is 36.9. The molecule has 0 rings (SSSR count). The molecule has 0 heterocycles. The lowest BCUT2D eigenvalue weighted by atomic mass is 10.0. The first-order valence-electron chi connectivity index (χ1n) is 31.0. The second-order valence-corrected chi connectivity index (χ2v) is 23.2. The number of quaternary nitrogens is 1. The molecule has 10 heteroatoms. The van der Waals surface area contributed by atoms with Gasteiger partial charge in [-0.3, -0.25) is 14.2 Å². The third-order valence-corrected chi connectivity index (χ3v) is 14.2. The van der Waals surface area contributed by atoms with E-state index in [1.807, 2.05) is 33.3 Å². The van der Waals surface area contributed by atoms with Crippen LogP contribution in [0.2, 0.25) is 0 Å². The van der Waals surface area contributed by atoms with Crippen LogP contribution in [0.1, 0.15) is 258 Å². The molecule has 0 spiro atoms. The van der Waals surface area contributed by atoms with Crippen molar-refractivity contribution >= 4 is 19.7 Å². The fraction of sp³-hybridized carbons (Fsp3) is 0.727. The van der Waals surface area contributed by atoms with Gasteiger partial charge in [-0.1, -0.05) is 240 Å². The maximum Gasteiger partial charge on any atom is 0.306 e. The fourth-order valence-corrected chi connectivity index (χ4v) is 9.25. The molecule has 3 atom stereocenters. The zero-order chi connectivity index (χ0) is 55.7. The Bertz CT molecular complexity index is 1620. The fourth-order valence-electron chi connectivity index (χ4n) is 8.53. The second kappa shape index (κ2) is 55.3. The highest BCUT2D eigenvalue weighted by molar-refractivity contribution is 7.45. The van der Waals surface area contributed by atoms with Crippen molar-refractivity contribution in [1.82, 2.24) is 5.32 Å². The minimum Gasteiger partial charge on any atom is -0.756 e. The van der Waals surface area contributed by atoms with E-state index in [9.17, 15) is 19.0 Å². The number of allylic oxidation sites excluding steroid dienone is 15. The smallest absolute Gasteiger partial charge is 0.306 e. The van der Waals surface area contributed by atoms with Gasteiger partial charge in [0.05, 0.1) is 33.8 Å². The topological polar surface area (TPSA) is 114 Å². The van der Waals surface area contributed by atoms with Crippen LogP contribution in [0.3, 0.4) is 0 Å². The van der Waals surface area contributed by atoms with Crippen molar-refractivity contribution in [2.24, 2.45) is 0 Å². The standard InChI is InChI=1S/C66H117N2O7P/c1-7-10-13-16-19-22-25-27-29-30-31-32-33-34-35-36-37-38-39-40-43-46-49-52-55-58-65(69)67-63(62-74-76(71,72)73-61-60-68(4,5)6)64(57-54-51-48-45-42-24-21-18-15-12-9-3)75-66(70)59-56-53-50-47-44-41-28-26-23-20-17-14-11-8-2/h10-11,13-14,19-20,22-23,27,29,31-32,34-35,54,57,63-64H,7-9,12,15-18,21,24-26,28,30,33,36-53,55-56,58-62H2,1-6H3,(H-,67,69,71,72)/b13-10-,14-11+,22-19-,23-20+,29-27-,32-31-,35-34-,57-54-. The third kappa shape index (κ3) is 55.7. The lowest BCUT2D eigenvalue weighted by Crippen LogP contribution is -2.47. The van der Waals surface area contributed by atoms with E-state index in [1.54, 1.807) is 0 Å². The number of unbranched alkanes of at least 4 members (excludes halogenated alkanes) is 25. The van der Waals surface area contributed by atoms with Crippen LogP contribution in [0.25, 0.3) is 0 Å². The largest absolute Gasteiger partial charge is 0.756 e. The highest BCUT2D eigenvalue weighted by Gasteiger charge is 2.27. The zero-order valence-electron chi connectivity index (χ0n) is 49.9. The molecule has 0 fully saturated rings. The van der Waals surface area contributed by atoms with Crippen LogP contribution in [0.5, 0.6) is 0 Å². The minimum atomic E-state index is -4.70. The first kappa shape index (κ1) is 72.9. The molecule has 438 valence electrons. The molecule has 0 aliphatic carbocycles. The molecule has 0 aliphatic heterocycles. The van der Waals surface area contributed by atoms with Gasteiger partial charge < -0.3 is 28.5 Å². The van der Waals surface area contributed by atoms with Gasteiger partial charge in [-0.2, -0.15) is 0 Å². The Morgan fingerprint density at radius 1 is 0.474 bits per heavy atom. The molecular weight excluding hydrogens is 964 g/mol. The Morgan fingerprint density at radius 2 is 0.842 bits per heavy atom. The van der Waals surface area contributed by atoms with Gasteiger partial charge in [-0.05, 0) is 102 Å². The summed E-state index contributed by atoms with van der Waals surface area (Å²) < 4.78 is 30.3. The van der Waals surface area contributed by atoms with Crippen LogP contribution in [-0.2, 0) is 27.9 Å². The summed E-state index contributed by atoms with van der Waals surface area (Å²) >= 11 is 0. The van der Waals surface area contributed by atoms with E-state index in [-0.39, 0.29) is 24.9 Å². The lowest BCUT2D eigenvalue weighted by Gasteiger charge is -2.30. The van der Waals surface area contributed by atoms with Crippen LogP contribution < -0.4 is 10.2 Å². The second-order valence-electron chi connectivity index (χ2n) is 21.8. The van der Waals surface area contributed by atoms with Gasteiger partial charge in [0.25, 0.3) is 7.82 Å². The van der Waals surface area contributed by atoms with Gasteiger partial charge in [0.1, 0.15) is 19.3 Å². The summed E-state index contributed by atoms with van der Waals surface area (Å²) in [5.41, 5.74) is 0. The maximum absolute atomic E-state index is 13.5. The number of phosphoric ester groups is 1. The number of likely N-dealkylation sites (N-methyl/N-ethyl adjacent to an activating group) is 1. The molecule has 0 bridgehead atoms. The molecule has 0 saturated heterocycles. The van der Waals surface area contributed by atoms with E-state index >= 15 is 0 Å². The van der Waals surface area contributed by atoms with Crippen molar-refractivity contribution in [3.05, 3.63) is 97.2 Å². The first-order valence-corrected chi connectivity index (χ1v) is 32.5. The number of phosphoric acid groups is 1. The van der Waals surface area contributed by atoms with E-state index in [4.69, 9.17) is 13.8 Å². The van der Waals surface area contributed by atoms with Crippen molar-refractivity contribution in [2.75, 3.05) is 40.9 Å². The Kier molecular flexibility index (Phi) is 53.0. The maximum atomic E-state index is 13.5. The lowest BCUT2D eigenvalue weighted by molar-refractivity contribution is -0.870. The van der Waals surface area contributed by atoms with Gasteiger partial charge in [0.15, 0.2) is 0 Å². The van der Waals surface area contributed by atoms with E-state index in [0.29, 0.717) is 17.4 Å². The molecule has 9 nitrogen and oxygen atoms in total. The highest BCUT2D eigenvalue weighted by Crippen LogP contribution is 2.38. The number of carbonyl (C=O) groups is 2. The van der Waals surface area contributed by atoms with Gasteiger partial charge in [0.2, 0.25) is 5.91 Å². The van der Waals surface area contributed by atoms with Gasteiger partial charge in [-0.15, -0.1) is 0 Å². The molecule has 0 aromatic carbocycles.